The number of rotatable bonds is 13. The zero-order valence-corrected chi connectivity index (χ0v) is 12.9. The molecule has 0 aliphatic rings. The highest BCUT2D eigenvalue weighted by Crippen LogP contribution is 2.10. The Labute approximate surface area is 124 Å². The minimum absolute atomic E-state index is 0.328. The number of hydrogen-bond donors (Lipinski definition) is 1. The van der Waals surface area contributed by atoms with Crippen molar-refractivity contribution in [1.82, 2.24) is 0 Å². The third-order valence-corrected chi connectivity index (χ3v) is 3.17. The first-order valence-electron chi connectivity index (χ1n) is 7.93. The molecule has 0 fully saturated rings. The van der Waals surface area contributed by atoms with Crippen LogP contribution in [-0.2, 0) is 4.79 Å². The van der Waals surface area contributed by atoms with E-state index in [-0.39, 0.29) is 0 Å². The summed E-state index contributed by atoms with van der Waals surface area (Å²) in [6.07, 6.45) is 23.5. The number of allylic oxidation sites excluding steroid dienone is 6. The van der Waals surface area contributed by atoms with Crippen molar-refractivity contribution in [2.24, 2.45) is 0 Å². The second kappa shape index (κ2) is 15.7. The van der Waals surface area contributed by atoms with Gasteiger partial charge >= 0.3 is 5.97 Å². The monoisotopic (exact) mass is 278 g/mol. The Hall–Kier alpha value is -1.31. The number of carboxylic acid groups (broad SMARTS) is 1. The Morgan fingerprint density at radius 3 is 1.95 bits per heavy atom. The zero-order valence-electron chi connectivity index (χ0n) is 12.9. The molecule has 1 N–H and O–H groups in total. The summed E-state index contributed by atoms with van der Waals surface area (Å²) < 4.78 is 0. The lowest BCUT2D eigenvalue weighted by molar-refractivity contribution is -0.137. The fraction of sp³-hybridized carbons (Fsp3) is 0.611. The average molecular weight is 278 g/mol. The Kier molecular flexibility index (Phi) is 14.7. The van der Waals surface area contributed by atoms with Crippen molar-refractivity contribution in [2.75, 3.05) is 0 Å². The number of carbonyl (C=O) groups is 1. The van der Waals surface area contributed by atoms with Gasteiger partial charge in [-0.05, 0) is 26.2 Å². The van der Waals surface area contributed by atoms with Gasteiger partial charge in [0.25, 0.3) is 0 Å². The van der Waals surface area contributed by atoms with E-state index in [0.29, 0.717) is 6.42 Å². The molecule has 0 saturated heterocycles. The number of aliphatic carboxylic acids is 1. The van der Waals surface area contributed by atoms with E-state index < -0.39 is 5.97 Å². The molecule has 0 amide bonds. The lowest BCUT2D eigenvalue weighted by Crippen LogP contribution is -1.93. The molecule has 0 aromatic heterocycles. The van der Waals surface area contributed by atoms with Crippen molar-refractivity contribution in [3.8, 4) is 0 Å². The lowest BCUT2D eigenvalue weighted by atomic mass is 10.1. The maximum absolute atomic E-state index is 10.3. The van der Waals surface area contributed by atoms with Gasteiger partial charge < -0.3 is 5.11 Å². The van der Waals surface area contributed by atoms with E-state index >= 15 is 0 Å². The number of unbranched alkanes of at least 4 members (excludes halogenated alkanes) is 8. The standard InChI is InChI=1S/C18H30O2/c1-2-3-4-5-6-7-8-9-10-11-12-13-14-15-16-17-18(19)20/h2-7H,8-17H2,1H3,(H,19,20). The molecule has 0 heterocycles. The van der Waals surface area contributed by atoms with Crippen LogP contribution in [0.5, 0.6) is 0 Å². The van der Waals surface area contributed by atoms with Crippen molar-refractivity contribution in [2.45, 2.75) is 71.1 Å². The summed E-state index contributed by atoms with van der Waals surface area (Å²) in [4.78, 5) is 10.3. The van der Waals surface area contributed by atoms with Crippen LogP contribution in [0.2, 0.25) is 0 Å². The summed E-state index contributed by atoms with van der Waals surface area (Å²) in [6, 6.07) is 0. The van der Waals surface area contributed by atoms with Crippen LogP contribution in [0.3, 0.4) is 0 Å². The predicted octanol–water partition coefficient (Wildman–Crippen LogP) is 5.66. The van der Waals surface area contributed by atoms with Gasteiger partial charge in [-0.15, -0.1) is 0 Å². The van der Waals surface area contributed by atoms with Crippen molar-refractivity contribution < 1.29 is 9.90 Å². The van der Waals surface area contributed by atoms with Crippen LogP contribution in [0.4, 0.5) is 0 Å². The first-order valence-corrected chi connectivity index (χ1v) is 7.93. The van der Waals surface area contributed by atoms with E-state index in [9.17, 15) is 4.79 Å². The minimum Gasteiger partial charge on any atom is -0.481 e. The quantitative estimate of drug-likeness (QED) is 0.348. The van der Waals surface area contributed by atoms with E-state index in [0.717, 1.165) is 12.8 Å². The lowest BCUT2D eigenvalue weighted by Gasteiger charge is -2.00. The molecule has 0 bridgehead atoms. The van der Waals surface area contributed by atoms with Crippen LogP contribution in [0.1, 0.15) is 71.1 Å². The van der Waals surface area contributed by atoms with Crippen molar-refractivity contribution in [3.63, 3.8) is 0 Å². The average Bonchev–Trinajstić information content (AvgIpc) is 2.43. The third-order valence-electron chi connectivity index (χ3n) is 3.17. The third kappa shape index (κ3) is 16.7. The number of carboxylic acids is 1. The molecule has 20 heavy (non-hydrogen) atoms. The van der Waals surface area contributed by atoms with Crippen molar-refractivity contribution >= 4 is 5.97 Å². The zero-order chi connectivity index (χ0) is 14.9. The van der Waals surface area contributed by atoms with Gasteiger partial charge in [-0.1, -0.05) is 75.0 Å². The van der Waals surface area contributed by atoms with E-state index in [1.807, 2.05) is 25.2 Å². The van der Waals surface area contributed by atoms with Gasteiger partial charge in [-0.2, -0.15) is 0 Å². The topological polar surface area (TPSA) is 37.3 Å². The van der Waals surface area contributed by atoms with Crippen LogP contribution in [0, 0.1) is 0 Å². The molecule has 0 unspecified atom stereocenters. The highest BCUT2D eigenvalue weighted by molar-refractivity contribution is 5.66. The van der Waals surface area contributed by atoms with Crippen LogP contribution in [-0.4, -0.2) is 11.1 Å². The SMILES string of the molecule is CC=CC=CC=CCCCCCCCCCCC(=O)O. The first-order chi connectivity index (χ1) is 9.77. The van der Waals surface area contributed by atoms with E-state index in [2.05, 4.69) is 18.2 Å². The largest absolute Gasteiger partial charge is 0.481 e. The molecular weight excluding hydrogens is 248 g/mol. The summed E-state index contributed by atoms with van der Waals surface area (Å²) in [6.45, 7) is 2.01. The van der Waals surface area contributed by atoms with Gasteiger partial charge in [0, 0.05) is 6.42 Å². The summed E-state index contributed by atoms with van der Waals surface area (Å²) >= 11 is 0. The highest BCUT2D eigenvalue weighted by Gasteiger charge is 1.96. The maximum atomic E-state index is 10.3. The molecule has 0 rings (SSSR count). The maximum Gasteiger partial charge on any atom is 0.303 e. The van der Waals surface area contributed by atoms with Crippen molar-refractivity contribution in [3.05, 3.63) is 36.5 Å². The second-order valence-corrected chi connectivity index (χ2v) is 5.10. The predicted molar refractivity (Wildman–Crippen MR) is 86.9 cm³/mol. The van der Waals surface area contributed by atoms with Gasteiger partial charge in [0.15, 0.2) is 0 Å². The van der Waals surface area contributed by atoms with Crippen LogP contribution in [0.15, 0.2) is 36.5 Å². The van der Waals surface area contributed by atoms with Gasteiger partial charge in [-0.25, -0.2) is 0 Å². The first kappa shape index (κ1) is 18.7. The summed E-state index contributed by atoms with van der Waals surface area (Å²) in [5, 5.41) is 8.50. The summed E-state index contributed by atoms with van der Waals surface area (Å²) in [5.41, 5.74) is 0. The molecule has 0 aliphatic carbocycles. The fourth-order valence-corrected chi connectivity index (χ4v) is 2.01. The molecule has 0 saturated carbocycles. The molecular formula is C18H30O2. The van der Waals surface area contributed by atoms with E-state index in [4.69, 9.17) is 5.11 Å². The van der Waals surface area contributed by atoms with E-state index in [1.165, 1.54) is 44.9 Å². The molecule has 0 radical (unpaired) electrons. The Bertz CT molecular complexity index is 301. The van der Waals surface area contributed by atoms with Crippen LogP contribution in [0.25, 0.3) is 0 Å². The normalized spacial score (nSPS) is 12.1. The van der Waals surface area contributed by atoms with Crippen LogP contribution < -0.4 is 0 Å². The van der Waals surface area contributed by atoms with Crippen LogP contribution >= 0.6 is 0 Å². The molecule has 0 spiro atoms. The molecule has 0 aliphatic heterocycles. The Morgan fingerprint density at radius 1 is 0.800 bits per heavy atom. The smallest absolute Gasteiger partial charge is 0.303 e. The summed E-state index contributed by atoms with van der Waals surface area (Å²) in [5.74, 6) is -0.668. The molecule has 0 aromatic rings. The van der Waals surface area contributed by atoms with Gasteiger partial charge in [0.05, 0.1) is 0 Å². The fourth-order valence-electron chi connectivity index (χ4n) is 2.01. The summed E-state index contributed by atoms with van der Waals surface area (Å²) in [7, 11) is 0. The second-order valence-electron chi connectivity index (χ2n) is 5.10. The molecule has 2 nitrogen and oxygen atoms in total. The minimum atomic E-state index is -0.668. The Morgan fingerprint density at radius 2 is 1.35 bits per heavy atom. The molecule has 0 aromatic carbocycles. The molecule has 2 heteroatoms. The van der Waals surface area contributed by atoms with Gasteiger partial charge in [0.1, 0.15) is 0 Å². The van der Waals surface area contributed by atoms with E-state index in [1.54, 1.807) is 0 Å². The molecule has 0 atom stereocenters. The van der Waals surface area contributed by atoms with Gasteiger partial charge in [0.2, 0.25) is 0 Å². The highest BCUT2D eigenvalue weighted by atomic mass is 16.4. The number of hydrogen-bond acceptors (Lipinski definition) is 1. The Balaban J connectivity index is 3.15. The molecule has 114 valence electrons. The van der Waals surface area contributed by atoms with Crippen molar-refractivity contribution in [1.29, 1.82) is 0 Å². The van der Waals surface area contributed by atoms with Gasteiger partial charge in [-0.3, -0.25) is 4.79 Å².